The molecule has 20 aromatic rings. The molecular weight excluding hydrogens is 2010 g/mol. The van der Waals surface area contributed by atoms with Crippen molar-refractivity contribution in [1.29, 1.82) is 0 Å². The molecular formula is C121H95N12O3Rh3S. The second-order valence-corrected chi connectivity index (χ2v) is 37.4. The molecule has 0 saturated heterocycles. The molecule has 140 heavy (non-hydrogen) atoms. The largest absolute Gasteiger partial charge is 3.00 e. The number of benzene rings is 16. The Kier molecular flexibility index (Phi) is 27.6. The number of rotatable bonds is 9. The van der Waals surface area contributed by atoms with Gasteiger partial charge in [0, 0.05) is 86.4 Å². The second-order valence-electron chi connectivity index (χ2n) is 35.5. The Bertz CT molecular complexity index is 7940. The van der Waals surface area contributed by atoms with E-state index in [9.17, 15) is 8.42 Å². The van der Waals surface area contributed by atoms with Crippen LogP contribution in [0.1, 0.15) is 54.4 Å². The summed E-state index contributed by atoms with van der Waals surface area (Å²) in [5, 5.41) is 6.98. The number of nitrogens with zero attached hydrogens (tertiary/aromatic N) is 12. The first kappa shape index (κ1) is 95.6. The molecule has 16 aromatic carbocycles. The van der Waals surface area contributed by atoms with Crippen molar-refractivity contribution in [2.75, 3.05) is 45.6 Å². The van der Waals surface area contributed by atoms with Gasteiger partial charge in [-0.2, -0.15) is 104 Å². The fourth-order valence-corrected chi connectivity index (χ4v) is 21.2. The number of aromatic nitrogens is 6. The van der Waals surface area contributed by atoms with Crippen LogP contribution in [0.5, 0.6) is 0 Å². The van der Waals surface area contributed by atoms with E-state index in [4.69, 9.17) is 4.42 Å². The van der Waals surface area contributed by atoms with Crippen molar-refractivity contribution in [3.05, 3.63) is 485 Å². The van der Waals surface area contributed by atoms with Gasteiger partial charge in [0.25, 0.3) is 0 Å². The number of oxazole rings is 1. The Balaban J connectivity index is 0.000000118. The summed E-state index contributed by atoms with van der Waals surface area (Å²) in [6.07, 6.45) is 10.8. The summed E-state index contributed by atoms with van der Waals surface area (Å²) in [6, 6.07) is 143. The molecule has 26 rings (SSSR count). The van der Waals surface area contributed by atoms with Crippen LogP contribution in [0.15, 0.2) is 409 Å². The van der Waals surface area contributed by atoms with Gasteiger partial charge in [-0.1, -0.05) is 198 Å². The predicted molar refractivity (Wildman–Crippen MR) is 554 cm³/mol. The maximum absolute atomic E-state index is 12.9. The molecule has 15 nitrogen and oxygen atoms in total. The Morgan fingerprint density at radius 1 is 0.386 bits per heavy atom. The van der Waals surface area contributed by atoms with Crippen molar-refractivity contribution in [1.82, 2.24) is 33.8 Å². The van der Waals surface area contributed by atoms with Gasteiger partial charge in [0.1, 0.15) is 5.89 Å². The second kappa shape index (κ2) is 40.4. The zero-order chi connectivity index (χ0) is 93.6. The summed E-state index contributed by atoms with van der Waals surface area (Å²) in [7, 11) is 4.65. The third-order valence-corrected chi connectivity index (χ3v) is 27.6. The van der Waals surface area contributed by atoms with Gasteiger partial charge in [0.2, 0.25) is 9.84 Å². The topological polar surface area (TPSA) is 120 Å². The van der Waals surface area contributed by atoms with E-state index in [1.165, 1.54) is 111 Å². The molecule has 0 unspecified atom stereocenters. The first-order chi connectivity index (χ1) is 66.8. The average Bonchev–Trinajstić information content (AvgIpc) is 1.50. The van der Waals surface area contributed by atoms with Gasteiger partial charge >= 0.3 is 58.4 Å². The Hall–Kier alpha value is -14.7. The minimum absolute atomic E-state index is 0. The van der Waals surface area contributed by atoms with Gasteiger partial charge < -0.3 is 43.0 Å². The van der Waals surface area contributed by atoms with Crippen LogP contribution >= 0.6 is 0 Å². The third-order valence-electron chi connectivity index (χ3n) is 25.7. The Morgan fingerprint density at radius 2 is 0.864 bits per heavy atom. The predicted octanol–water partition coefficient (Wildman–Crippen LogP) is 27.5. The molecule has 0 N–H and O–H groups in total. The molecule has 2 aliphatic carbocycles. The monoisotopic (exact) mass is 2100 g/mol. The Morgan fingerprint density at radius 3 is 1.38 bits per heavy atom. The van der Waals surface area contributed by atoms with E-state index in [0.717, 1.165) is 73.3 Å². The van der Waals surface area contributed by atoms with Crippen LogP contribution in [-0.2, 0) is 86.3 Å². The van der Waals surface area contributed by atoms with Gasteiger partial charge in [-0.25, -0.2) is 8.42 Å². The number of anilines is 7. The fourth-order valence-electron chi connectivity index (χ4n) is 19.5. The van der Waals surface area contributed by atoms with Crippen molar-refractivity contribution in [2.24, 2.45) is 7.05 Å². The molecule has 0 amide bonds. The third kappa shape index (κ3) is 18.1. The van der Waals surface area contributed by atoms with Gasteiger partial charge in [0.15, 0.2) is 0 Å². The zero-order valence-corrected chi connectivity index (χ0v) is 84.0. The van der Waals surface area contributed by atoms with Gasteiger partial charge in [-0.3, -0.25) is 14.6 Å². The van der Waals surface area contributed by atoms with E-state index < -0.39 is 9.84 Å². The van der Waals surface area contributed by atoms with E-state index in [2.05, 4.69) is 348 Å². The van der Waals surface area contributed by atoms with E-state index in [-0.39, 0.29) is 69.4 Å². The summed E-state index contributed by atoms with van der Waals surface area (Å²) in [4.78, 5) is 21.6. The standard InChI is InChI=1S/C39H26N2.C30H27N3.C22H16N2O2S.C11H11N2.C10H9N2.C9H6NO.3Rh/c1-40-25-41(38-17-9-8-16-37(38)40)28-21-18-26(19-22-28)27-20-23-32-31-12-4-7-15-35(31)39(36(32)24-27)33-13-5-2-10-29(33)30-11-3-6-14-34(30)39;1-30(2,3)33-26-10-6-5-9-24(26)25-18-15-22(19-29(25)33)21-13-16-23(17-14-21)32-20-31(4)27-11-7-8-12-28(27)32;1-23-12-13-24(15-23)18-9-6-16(7-10-18)17-8-11-20-19-4-2-3-5-21(19)27(25,26)22(20)14-17;1-9-8-10(2)13(12-9)11-6-4-3-5-7-11;1-12-8-7-11-10(12)9-5-3-2-4-6-9;1-2-4-8(5-3-1)9-10-6-7-11-9;;;/h2-21,23-25H,1H3;5-16,18-20H,1-4H3;2-9,11-15H,1H3;3-6,8H,1-2H3;2-5,7-8H,1H3;1-4,6-7H;;;/q3*-2;3*-1;3*+3. The molecule has 4 aromatic heterocycles. The van der Waals surface area contributed by atoms with Crippen molar-refractivity contribution in [3.8, 4) is 95.3 Å². The average molecular weight is 2110 g/mol. The molecule has 0 fully saturated rings. The quantitative estimate of drug-likeness (QED) is 0.101. The van der Waals surface area contributed by atoms with E-state index >= 15 is 0 Å². The molecule has 0 saturated carbocycles. The molecule has 690 valence electrons. The van der Waals surface area contributed by atoms with Gasteiger partial charge in [-0.15, -0.1) is 124 Å². The summed E-state index contributed by atoms with van der Waals surface area (Å²) in [5.74, 6) is 1.57. The molecule has 0 bridgehead atoms. The number of aryl methyl sites for hydroxylation is 3. The fraction of sp³-hybridized carbons (Fsp3) is 0.0909. The summed E-state index contributed by atoms with van der Waals surface area (Å²) < 4.78 is 37.2. The number of fused-ring (bicyclic) bond motifs is 18. The number of para-hydroxylation sites is 6. The summed E-state index contributed by atoms with van der Waals surface area (Å²) >= 11 is 0. The van der Waals surface area contributed by atoms with Crippen LogP contribution < -0.4 is 24.5 Å². The number of hydrogen-bond donors (Lipinski definition) is 0. The maximum atomic E-state index is 12.9. The number of hydrogen-bond acceptors (Lipinski definition) is 12. The number of sulfone groups is 1. The molecule has 1 spiro atoms. The van der Waals surface area contributed by atoms with Gasteiger partial charge in [-0.05, 0) is 173 Å². The van der Waals surface area contributed by atoms with Crippen LogP contribution in [0.4, 0.5) is 39.8 Å². The van der Waals surface area contributed by atoms with Crippen LogP contribution in [0, 0.1) is 70.3 Å². The van der Waals surface area contributed by atoms with Crippen molar-refractivity contribution >= 4 is 71.5 Å². The van der Waals surface area contributed by atoms with Crippen molar-refractivity contribution in [3.63, 3.8) is 0 Å². The minimum atomic E-state index is -3.46. The smallest absolute Gasteiger partial charge is 0.510 e. The molecule has 8 heterocycles. The minimum Gasteiger partial charge on any atom is -0.510 e. The first-order valence-corrected chi connectivity index (χ1v) is 47.1. The van der Waals surface area contributed by atoms with E-state index in [0.29, 0.717) is 15.7 Å². The maximum Gasteiger partial charge on any atom is 3.00 e. The van der Waals surface area contributed by atoms with Crippen LogP contribution in [0.3, 0.4) is 0 Å². The van der Waals surface area contributed by atoms with Gasteiger partial charge in [0.05, 0.1) is 39.2 Å². The van der Waals surface area contributed by atoms with E-state index in [1.54, 1.807) is 36.9 Å². The molecule has 6 aliphatic rings. The molecule has 0 radical (unpaired) electrons. The number of imidazole rings is 1. The normalized spacial score (nSPS) is 13.4. The van der Waals surface area contributed by atoms with E-state index in [1.807, 2.05) is 188 Å². The SMILES string of the molecule is CN1C=CN(c2[c-]cc(-c3ccc4c(c3)S(=O)(=O)c3ccccc3-4)cc2)[CH-]1.CN1[CH-]N(c2[c-]cc(-c3ccc4c(c3)C3(c5ccccc5-c5ccccc53)c3ccccc3-4)cc2)c2ccccc21.CN1[CH-]N(c2[c-]cc(-c3ccc4c5ccccc5n(C(C)(C)C)c4c3)cc2)c2ccccc21.Cc1cc(C)n(-c2[c-]cccc2)n1.Cn1ccnc1-c1[c-]cccc1.[Rh+3].[Rh+3].[Rh+3].[c-]1ccccc1-c1ncco1. The van der Waals surface area contributed by atoms with Crippen LogP contribution in [-0.4, -0.2) is 63.3 Å². The summed E-state index contributed by atoms with van der Waals surface area (Å²) in [5.41, 5.74) is 34.0. The van der Waals surface area contributed by atoms with Crippen LogP contribution in [0.25, 0.3) is 117 Å². The van der Waals surface area contributed by atoms with Crippen molar-refractivity contribution < 1.29 is 71.3 Å². The first-order valence-electron chi connectivity index (χ1n) is 45.6. The molecule has 4 aliphatic heterocycles. The Labute approximate surface area is 857 Å². The summed E-state index contributed by atoms with van der Waals surface area (Å²) in [6.45, 7) is 17.1. The van der Waals surface area contributed by atoms with Crippen LogP contribution in [0.2, 0.25) is 0 Å². The molecule has 19 heteroatoms. The zero-order valence-electron chi connectivity index (χ0n) is 78.3. The van der Waals surface area contributed by atoms with Crippen molar-refractivity contribution in [2.45, 2.75) is 55.4 Å². The molecule has 0 atom stereocenters.